The number of carbonyl (C=O) groups excluding carboxylic acids is 2. The molecule has 0 bridgehead atoms. The fourth-order valence-corrected chi connectivity index (χ4v) is 2.91. The zero-order valence-corrected chi connectivity index (χ0v) is 17.1. The fraction of sp³-hybridized carbons (Fsp3) is 0.600. The predicted molar refractivity (Wildman–Crippen MR) is 102 cm³/mol. The van der Waals surface area contributed by atoms with Crippen molar-refractivity contribution >= 4 is 12.1 Å². The highest BCUT2D eigenvalue weighted by molar-refractivity contribution is 5.90. The third kappa shape index (κ3) is 5.76. The van der Waals surface area contributed by atoms with E-state index in [2.05, 4.69) is 0 Å². The number of nitrogens with zero attached hydrogens (tertiary/aromatic N) is 1. The van der Waals surface area contributed by atoms with E-state index in [0.29, 0.717) is 23.5 Å². The van der Waals surface area contributed by atoms with E-state index in [1.807, 2.05) is 0 Å². The molecule has 0 aliphatic carbocycles. The van der Waals surface area contributed by atoms with Crippen molar-refractivity contribution in [1.29, 1.82) is 0 Å². The zero-order chi connectivity index (χ0) is 20.9. The number of benzene rings is 1. The summed E-state index contributed by atoms with van der Waals surface area (Å²) >= 11 is 0. The summed E-state index contributed by atoms with van der Waals surface area (Å²) in [6.07, 6.45) is -0.723. The van der Waals surface area contributed by atoms with E-state index in [1.54, 1.807) is 45.9 Å². The van der Waals surface area contributed by atoms with Crippen molar-refractivity contribution in [1.82, 2.24) is 4.90 Å². The minimum Gasteiger partial charge on any atom is -0.493 e. The van der Waals surface area contributed by atoms with Crippen LogP contribution in [0.4, 0.5) is 4.79 Å². The van der Waals surface area contributed by atoms with E-state index < -0.39 is 23.8 Å². The van der Waals surface area contributed by atoms with Crippen molar-refractivity contribution in [2.45, 2.75) is 51.9 Å². The predicted octanol–water partition coefficient (Wildman–Crippen LogP) is 2.62. The molecule has 2 rings (SSSR count). The maximum Gasteiger partial charge on any atom is 0.410 e. The SMILES string of the molecule is CCOC(=O)c1ccc(OCC2CC(O)CN2C(=O)OC(C)(C)C)c(OC)c1. The Morgan fingerprint density at radius 2 is 1.96 bits per heavy atom. The highest BCUT2D eigenvalue weighted by Crippen LogP contribution is 2.30. The average molecular weight is 395 g/mol. The van der Waals surface area contributed by atoms with Gasteiger partial charge in [0, 0.05) is 0 Å². The number of aliphatic hydroxyl groups is 1. The van der Waals surface area contributed by atoms with Crippen LogP contribution in [0.25, 0.3) is 0 Å². The van der Waals surface area contributed by atoms with Gasteiger partial charge in [-0.3, -0.25) is 4.90 Å². The van der Waals surface area contributed by atoms with Crippen LogP contribution in [0.5, 0.6) is 11.5 Å². The maximum atomic E-state index is 12.4. The van der Waals surface area contributed by atoms with Gasteiger partial charge in [-0.1, -0.05) is 0 Å². The lowest BCUT2D eigenvalue weighted by molar-refractivity contribution is 0.0172. The van der Waals surface area contributed by atoms with Crippen LogP contribution in [0.2, 0.25) is 0 Å². The number of ether oxygens (including phenoxy) is 4. The van der Waals surface area contributed by atoms with Crippen LogP contribution in [0.15, 0.2) is 18.2 Å². The standard InChI is InChI=1S/C20H29NO7/c1-6-26-18(23)13-7-8-16(17(9-13)25-5)27-12-14-10-15(22)11-21(14)19(24)28-20(2,3)4/h7-9,14-15,22H,6,10-12H2,1-5H3. The second-order valence-corrected chi connectivity index (χ2v) is 7.57. The Morgan fingerprint density at radius 3 is 2.57 bits per heavy atom. The molecule has 0 radical (unpaired) electrons. The van der Waals surface area contributed by atoms with Gasteiger partial charge in [0.25, 0.3) is 0 Å². The summed E-state index contributed by atoms with van der Waals surface area (Å²) < 4.78 is 21.5. The molecule has 28 heavy (non-hydrogen) atoms. The van der Waals surface area contributed by atoms with Gasteiger partial charge in [-0.05, 0) is 52.3 Å². The fourth-order valence-electron chi connectivity index (χ4n) is 2.91. The van der Waals surface area contributed by atoms with Gasteiger partial charge in [0.2, 0.25) is 0 Å². The summed E-state index contributed by atoms with van der Waals surface area (Å²) in [5, 5.41) is 9.98. The van der Waals surface area contributed by atoms with E-state index in [1.165, 1.54) is 12.0 Å². The van der Waals surface area contributed by atoms with E-state index in [-0.39, 0.29) is 25.8 Å². The van der Waals surface area contributed by atoms with Crippen molar-refractivity contribution in [3.05, 3.63) is 23.8 Å². The first kappa shape index (κ1) is 21.8. The van der Waals surface area contributed by atoms with Gasteiger partial charge in [-0.15, -0.1) is 0 Å². The van der Waals surface area contributed by atoms with Crippen molar-refractivity contribution in [2.75, 3.05) is 26.9 Å². The molecule has 0 aromatic heterocycles. The van der Waals surface area contributed by atoms with Crippen LogP contribution in [-0.2, 0) is 9.47 Å². The van der Waals surface area contributed by atoms with Gasteiger partial charge < -0.3 is 24.1 Å². The summed E-state index contributed by atoms with van der Waals surface area (Å²) in [5.41, 5.74) is -0.264. The largest absolute Gasteiger partial charge is 0.493 e. The smallest absolute Gasteiger partial charge is 0.410 e. The van der Waals surface area contributed by atoms with Gasteiger partial charge in [-0.2, -0.15) is 0 Å². The molecule has 0 spiro atoms. The van der Waals surface area contributed by atoms with Crippen LogP contribution >= 0.6 is 0 Å². The zero-order valence-electron chi connectivity index (χ0n) is 17.1. The molecule has 1 aromatic rings. The molecule has 1 heterocycles. The Morgan fingerprint density at radius 1 is 1.25 bits per heavy atom. The Balaban J connectivity index is 2.07. The molecule has 156 valence electrons. The molecule has 2 unspecified atom stereocenters. The third-order valence-corrected chi connectivity index (χ3v) is 4.13. The number of β-amino-alcohol motifs (C(OH)–C–C–N with tert-alkyl or cyclic N) is 1. The first-order valence-electron chi connectivity index (χ1n) is 9.30. The molecule has 2 atom stereocenters. The Bertz CT molecular complexity index is 698. The monoisotopic (exact) mass is 395 g/mol. The van der Waals surface area contributed by atoms with Crippen molar-refractivity contribution in [2.24, 2.45) is 0 Å². The molecule has 1 aliphatic heterocycles. The van der Waals surface area contributed by atoms with Gasteiger partial charge in [-0.25, -0.2) is 9.59 Å². The van der Waals surface area contributed by atoms with Crippen LogP contribution < -0.4 is 9.47 Å². The molecule has 8 heteroatoms. The Kier molecular flexibility index (Phi) is 7.12. The Hall–Kier alpha value is -2.48. The van der Waals surface area contributed by atoms with E-state index >= 15 is 0 Å². The molecular weight excluding hydrogens is 366 g/mol. The number of amides is 1. The molecule has 1 saturated heterocycles. The molecule has 1 N–H and O–H groups in total. The molecule has 0 saturated carbocycles. The normalized spacial score (nSPS) is 19.3. The number of aliphatic hydroxyl groups excluding tert-OH is 1. The van der Waals surface area contributed by atoms with Crippen molar-refractivity contribution in [3.63, 3.8) is 0 Å². The second-order valence-electron chi connectivity index (χ2n) is 7.57. The van der Waals surface area contributed by atoms with E-state index in [4.69, 9.17) is 18.9 Å². The van der Waals surface area contributed by atoms with Crippen LogP contribution in [-0.4, -0.2) is 66.7 Å². The minimum atomic E-state index is -0.630. The number of carbonyl (C=O) groups is 2. The number of esters is 1. The van der Waals surface area contributed by atoms with Crippen molar-refractivity contribution in [3.8, 4) is 11.5 Å². The van der Waals surface area contributed by atoms with Crippen LogP contribution in [0.3, 0.4) is 0 Å². The first-order valence-corrected chi connectivity index (χ1v) is 9.30. The summed E-state index contributed by atoms with van der Waals surface area (Å²) in [7, 11) is 1.48. The lowest BCUT2D eigenvalue weighted by Gasteiger charge is -2.28. The van der Waals surface area contributed by atoms with Gasteiger partial charge in [0.15, 0.2) is 11.5 Å². The number of rotatable bonds is 6. The number of likely N-dealkylation sites (tertiary alicyclic amines) is 1. The number of methoxy groups -OCH3 is 1. The molecule has 8 nitrogen and oxygen atoms in total. The summed E-state index contributed by atoms with van der Waals surface area (Å²) in [4.78, 5) is 25.7. The molecule has 1 aliphatic rings. The second kappa shape index (κ2) is 9.14. The molecular formula is C20H29NO7. The number of hydrogen-bond acceptors (Lipinski definition) is 7. The minimum absolute atomic E-state index is 0.158. The quantitative estimate of drug-likeness (QED) is 0.740. The summed E-state index contributed by atoms with van der Waals surface area (Å²) in [6, 6.07) is 4.42. The number of hydrogen-bond donors (Lipinski definition) is 1. The van der Waals surface area contributed by atoms with Crippen LogP contribution in [0, 0.1) is 0 Å². The van der Waals surface area contributed by atoms with E-state index in [0.717, 1.165) is 0 Å². The maximum absolute atomic E-state index is 12.4. The molecule has 1 aromatic carbocycles. The highest BCUT2D eigenvalue weighted by Gasteiger charge is 2.37. The summed E-state index contributed by atoms with van der Waals surface area (Å²) in [6.45, 7) is 7.74. The van der Waals surface area contributed by atoms with Gasteiger partial charge >= 0.3 is 12.1 Å². The highest BCUT2D eigenvalue weighted by atomic mass is 16.6. The molecule has 1 amide bonds. The lowest BCUT2D eigenvalue weighted by Crippen LogP contribution is -2.42. The molecule has 1 fully saturated rings. The Labute approximate surface area is 165 Å². The topological polar surface area (TPSA) is 94.5 Å². The van der Waals surface area contributed by atoms with Crippen LogP contribution in [0.1, 0.15) is 44.5 Å². The average Bonchev–Trinajstić information content (AvgIpc) is 2.99. The van der Waals surface area contributed by atoms with Gasteiger partial charge in [0.05, 0.1) is 38.0 Å². The van der Waals surface area contributed by atoms with Crippen molar-refractivity contribution < 1.29 is 33.6 Å². The van der Waals surface area contributed by atoms with Gasteiger partial charge in [0.1, 0.15) is 12.2 Å². The lowest BCUT2D eigenvalue weighted by atomic mass is 10.2. The first-order chi connectivity index (χ1) is 13.1. The van der Waals surface area contributed by atoms with E-state index in [9.17, 15) is 14.7 Å². The third-order valence-electron chi connectivity index (χ3n) is 4.13. The summed E-state index contributed by atoms with van der Waals surface area (Å²) in [5.74, 6) is 0.372.